The lowest BCUT2D eigenvalue weighted by atomic mass is 10.1. The molecule has 0 saturated heterocycles. The van der Waals surface area contributed by atoms with Crippen molar-refractivity contribution in [2.75, 3.05) is 5.32 Å². The number of amides is 1. The van der Waals surface area contributed by atoms with Crippen molar-refractivity contribution in [3.05, 3.63) is 58.3 Å². The minimum absolute atomic E-state index is 0.139. The van der Waals surface area contributed by atoms with E-state index in [0.29, 0.717) is 11.4 Å². The van der Waals surface area contributed by atoms with Crippen LogP contribution in [0.3, 0.4) is 0 Å². The van der Waals surface area contributed by atoms with E-state index >= 15 is 0 Å². The summed E-state index contributed by atoms with van der Waals surface area (Å²) in [7, 11) is 0. The molecule has 25 heavy (non-hydrogen) atoms. The van der Waals surface area contributed by atoms with Gasteiger partial charge in [-0.15, -0.1) is 0 Å². The van der Waals surface area contributed by atoms with Crippen LogP contribution in [0.15, 0.2) is 47.2 Å². The molecule has 1 amide bonds. The summed E-state index contributed by atoms with van der Waals surface area (Å²) in [5.74, 6) is -0.334. The quantitative estimate of drug-likeness (QED) is 0.659. The van der Waals surface area contributed by atoms with Crippen molar-refractivity contribution in [2.24, 2.45) is 0 Å². The summed E-state index contributed by atoms with van der Waals surface area (Å²) in [6.45, 7) is 0. The van der Waals surface area contributed by atoms with E-state index in [0.717, 1.165) is 23.7 Å². The molecule has 0 spiro atoms. The second-order valence-corrected chi connectivity index (χ2v) is 6.51. The van der Waals surface area contributed by atoms with Gasteiger partial charge in [0.1, 0.15) is 0 Å². The maximum Gasteiger partial charge on any atom is 0.416 e. The molecule has 0 saturated carbocycles. The van der Waals surface area contributed by atoms with Crippen molar-refractivity contribution in [1.29, 1.82) is 0 Å². The molecule has 3 rings (SSSR count). The first-order valence-electron chi connectivity index (χ1n) is 6.76. The average molecular weight is 429 g/mol. The Bertz CT molecular complexity index is 915. The fourth-order valence-electron chi connectivity index (χ4n) is 1.94. The van der Waals surface area contributed by atoms with E-state index in [4.69, 9.17) is 0 Å². The third-order valence-electron chi connectivity index (χ3n) is 3.05. The van der Waals surface area contributed by atoms with Crippen LogP contribution in [-0.2, 0) is 6.18 Å². The van der Waals surface area contributed by atoms with Crippen LogP contribution >= 0.6 is 27.5 Å². The smallest absolute Gasteiger partial charge is 0.297 e. The molecule has 0 bridgehead atoms. The summed E-state index contributed by atoms with van der Waals surface area (Å²) >= 11 is 3.91. The van der Waals surface area contributed by atoms with E-state index < -0.39 is 17.6 Å². The number of benzene rings is 1. The molecular formula is C15H8BrF3N4OS. The lowest BCUT2D eigenvalue weighted by molar-refractivity contribution is -0.137. The number of nitrogens with one attached hydrogen (secondary N) is 1. The maximum absolute atomic E-state index is 12.9. The molecule has 128 valence electrons. The number of carbonyl (C=O) groups excluding carboxylic acids is 1. The number of rotatable bonds is 3. The standard InChI is InChI=1S/C15H8BrF3N4OS/c16-11-5-9(4-10(6-11)15(17,18)19)13(24)22-14-21-12(23-25-14)8-2-1-3-20-7-8/h1-7H,(H,21,22,23,24). The van der Waals surface area contributed by atoms with Crippen molar-refractivity contribution in [2.45, 2.75) is 6.18 Å². The van der Waals surface area contributed by atoms with Gasteiger partial charge in [-0.1, -0.05) is 15.9 Å². The van der Waals surface area contributed by atoms with E-state index in [9.17, 15) is 18.0 Å². The molecule has 1 aromatic carbocycles. The Hall–Kier alpha value is -2.33. The first kappa shape index (κ1) is 17.5. The number of anilines is 1. The molecule has 0 atom stereocenters. The highest BCUT2D eigenvalue weighted by molar-refractivity contribution is 9.10. The minimum Gasteiger partial charge on any atom is -0.297 e. The van der Waals surface area contributed by atoms with E-state index in [-0.39, 0.29) is 15.2 Å². The van der Waals surface area contributed by atoms with Gasteiger partial charge in [0, 0.05) is 39.5 Å². The van der Waals surface area contributed by atoms with Crippen LogP contribution in [0.5, 0.6) is 0 Å². The van der Waals surface area contributed by atoms with Crippen molar-refractivity contribution < 1.29 is 18.0 Å². The number of halogens is 4. The fourth-order valence-corrected chi connectivity index (χ4v) is 3.02. The summed E-state index contributed by atoms with van der Waals surface area (Å²) < 4.78 is 42.8. The van der Waals surface area contributed by atoms with Crippen LogP contribution in [0.25, 0.3) is 11.4 Å². The molecule has 2 aromatic heterocycles. The molecule has 0 aliphatic rings. The highest BCUT2D eigenvalue weighted by Gasteiger charge is 2.31. The highest BCUT2D eigenvalue weighted by Crippen LogP contribution is 2.32. The molecule has 2 heterocycles. The SMILES string of the molecule is O=C(Nc1nc(-c2cccnc2)ns1)c1cc(Br)cc(C(F)(F)F)c1. The molecule has 0 radical (unpaired) electrons. The number of hydrogen-bond donors (Lipinski definition) is 1. The van der Waals surface area contributed by atoms with Gasteiger partial charge in [-0.05, 0) is 30.3 Å². The van der Waals surface area contributed by atoms with Crippen molar-refractivity contribution >= 4 is 38.5 Å². The van der Waals surface area contributed by atoms with Crippen LogP contribution < -0.4 is 5.32 Å². The molecule has 0 unspecified atom stereocenters. The van der Waals surface area contributed by atoms with Gasteiger partial charge in [0.2, 0.25) is 5.13 Å². The molecule has 5 nitrogen and oxygen atoms in total. The van der Waals surface area contributed by atoms with Gasteiger partial charge in [-0.2, -0.15) is 22.5 Å². The predicted molar refractivity (Wildman–Crippen MR) is 90.2 cm³/mol. The third kappa shape index (κ3) is 4.20. The van der Waals surface area contributed by atoms with E-state index in [1.807, 2.05) is 0 Å². The minimum atomic E-state index is -4.55. The normalized spacial score (nSPS) is 11.4. The number of aromatic nitrogens is 3. The Labute approximate surface area is 152 Å². The Kier molecular flexibility index (Phi) is 4.82. The summed E-state index contributed by atoms with van der Waals surface area (Å²) in [4.78, 5) is 20.3. The predicted octanol–water partition coefficient (Wildman–Crippen LogP) is 4.63. The number of nitrogens with zero attached hydrogens (tertiary/aromatic N) is 3. The molecular weight excluding hydrogens is 421 g/mol. The van der Waals surface area contributed by atoms with Gasteiger partial charge < -0.3 is 0 Å². The second-order valence-electron chi connectivity index (χ2n) is 4.85. The summed E-state index contributed by atoms with van der Waals surface area (Å²) in [5.41, 5.74) is -0.388. The summed E-state index contributed by atoms with van der Waals surface area (Å²) in [6.07, 6.45) is -1.38. The largest absolute Gasteiger partial charge is 0.416 e. The van der Waals surface area contributed by atoms with Crippen LogP contribution in [-0.4, -0.2) is 20.2 Å². The van der Waals surface area contributed by atoms with Crippen LogP contribution in [0.2, 0.25) is 0 Å². The molecule has 1 N–H and O–H groups in total. The van der Waals surface area contributed by atoms with Crippen LogP contribution in [0.4, 0.5) is 18.3 Å². The zero-order valence-electron chi connectivity index (χ0n) is 12.2. The van der Waals surface area contributed by atoms with E-state index in [1.54, 1.807) is 24.5 Å². The van der Waals surface area contributed by atoms with Crippen LogP contribution in [0, 0.1) is 0 Å². The van der Waals surface area contributed by atoms with E-state index in [2.05, 4.69) is 35.6 Å². The Morgan fingerprint density at radius 2 is 2.04 bits per heavy atom. The Morgan fingerprint density at radius 1 is 1.24 bits per heavy atom. The van der Waals surface area contributed by atoms with Gasteiger partial charge in [-0.3, -0.25) is 15.1 Å². The van der Waals surface area contributed by atoms with Gasteiger partial charge in [0.25, 0.3) is 5.91 Å². The number of alkyl halides is 3. The zero-order valence-corrected chi connectivity index (χ0v) is 14.6. The lowest BCUT2D eigenvalue weighted by Gasteiger charge is -2.09. The Morgan fingerprint density at radius 3 is 2.72 bits per heavy atom. The van der Waals surface area contributed by atoms with E-state index in [1.165, 1.54) is 6.07 Å². The van der Waals surface area contributed by atoms with Crippen molar-refractivity contribution in [3.63, 3.8) is 0 Å². The van der Waals surface area contributed by atoms with Crippen molar-refractivity contribution in [3.8, 4) is 11.4 Å². The maximum atomic E-state index is 12.9. The lowest BCUT2D eigenvalue weighted by Crippen LogP contribution is -2.14. The molecule has 10 heteroatoms. The Balaban J connectivity index is 1.82. The first-order valence-corrected chi connectivity index (χ1v) is 8.33. The van der Waals surface area contributed by atoms with Gasteiger partial charge in [0.15, 0.2) is 5.82 Å². The average Bonchev–Trinajstić information content (AvgIpc) is 3.03. The summed E-state index contributed by atoms with van der Waals surface area (Å²) in [5, 5.41) is 2.63. The van der Waals surface area contributed by atoms with Gasteiger partial charge >= 0.3 is 6.18 Å². The molecule has 0 fully saturated rings. The second kappa shape index (κ2) is 6.89. The third-order valence-corrected chi connectivity index (χ3v) is 4.14. The zero-order chi connectivity index (χ0) is 18.0. The number of pyridine rings is 1. The van der Waals surface area contributed by atoms with Crippen LogP contribution in [0.1, 0.15) is 15.9 Å². The summed E-state index contributed by atoms with van der Waals surface area (Å²) in [6, 6.07) is 6.46. The number of carbonyl (C=O) groups is 1. The molecule has 3 aromatic rings. The van der Waals surface area contributed by atoms with Gasteiger partial charge in [-0.25, -0.2) is 0 Å². The fraction of sp³-hybridized carbons (Fsp3) is 0.0667. The first-order chi connectivity index (χ1) is 11.8. The monoisotopic (exact) mass is 428 g/mol. The van der Waals surface area contributed by atoms with Crippen molar-refractivity contribution in [1.82, 2.24) is 14.3 Å². The number of hydrogen-bond acceptors (Lipinski definition) is 5. The molecule has 0 aliphatic heterocycles. The highest BCUT2D eigenvalue weighted by atomic mass is 79.9. The van der Waals surface area contributed by atoms with Gasteiger partial charge in [0.05, 0.1) is 5.56 Å². The molecule has 0 aliphatic carbocycles. The topological polar surface area (TPSA) is 67.8 Å².